The molecule has 0 atom stereocenters. The van der Waals surface area contributed by atoms with Crippen molar-refractivity contribution in [3.8, 4) is 17.1 Å². The number of ether oxygens (including phenoxy) is 1. The van der Waals surface area contributed by atoms with Crippen LogP contribution in [0, 0.1) is 0 Å². The summed E-state index contributed by atoms with van der Waals surface area (Å²) in [5, 5.41) is 12.1. The molecule has 0 radical (unpaired) electrons. The van der Waals surface area contributed by atoms with Crippen molar-refractivity contribution in [3.63, 3.8) is 0 Å². The Bertz CT molecular complexity index is 965. The maximum absolute atomic E-state index is 12.7. The molecular formula is C23H25NO4. The lowest BCUT2D eigenvalue weighted by Crippen LogP contribution is -2.14. The summed E-state index contributed by atoms with van der Waals surface area (Å²) in [5.74, 6) is 1.43. The van der Waals surface area contributed by atoms with Crippen LogP contribution in [0.15, 0.2) is 59.0 Å². The second-order valence-electron chi connectivity index (χ2n) is 7.62. The fraction of sp³-hybridized carbons (Fsp3) is 0.261. The lowest BCUT2D eigenvalue weighted by atomic mass is 9.87. The summed E-state index contributed by atoms with van der Waals surface area (Å²) in [5.41, 5.74) is 3.09. The van der Waals surface area contributed by atoms with Gasteiger partial charge in [-0.05, 0) is 53.4 Å². The van der Waals surface area contributed by atoms with Crippen LogP contribution in [0.5, 0.6) is 5.75 Å². The fourth-order valence-electron chi connectivity index (χ4n) is 2.89. The van der Waals surface area contributed by atoms with Gasteiger partial charge in [-0.25, -0.2) is 0 Å². The number of aliphatic hydroxyl groups excluding tert-OH is 1. The van der Waals surface area contributed by atoms with Crippen molar-refractivity contribution in [1.82, 2.24) is 0 Å². The van der Waals surface area contributed by atoms with E-state index >= 15 is 0 Å². The third-order valence-electron chi connectivity index (χ3n) is 4.56. The SMILES string of the molecule is COc1ccc(-c2ccc(CO)o2)cc1NC(=O)c1ccc(C(C)(C)C)cc1. The summed E-state index contributed by atoms with van der Waals surface area (Å²) in [6, 6.07) is 16.5. The fourth-order valence-corrected chi connectivity index (χ4v) is 2.89. The summed E-state index contributed by atoms with van der Waals surface area (Å²) >= 11 is 0. The van der Waals surface area contributed by atoms with Gasteiger partial charge >= 0.3 is 0 Å². The van der Waals surface area contributed by atoms with Crippen molar-refractivity contribution in [2.24, 2.45) is 0 Å². The summed E-state index contributed by atoms with van der Waals surface area (Å²) in [6.07, 6.45) is 0. The summed E-state index contributed by atoms with van der Waals surface area (Å²) in [6.45, 7) is 6.24. The maximum atomic E-state index is 12.7. The van der Waals surface area contributed by atoms with Crippen molar-refractivity contribution < 1.29 is 19.1 Å². The minimum atomic E-state index is -0.216. The van der Waals surface area contributed by atoms with Gasteiger partial charge in [0.15, 0.2) is 0 Å². The van der Waals surface area contributed by atoms with E-state index in [4.69, 9.17) is 9.15 Å². The number of aliphatic hydroxyl groups is 1. The minimum Gasteiger partial charge on any atom is -0.495 e. The number of carbonyl (C=O) groups is 1. The van der Waals surface area contributed by atoms with E-state index in [1.165, 1.54) is 5.56 Å². The molecule has 0 saturated carbocycles. The predicted octanol–water partition coefficient (Wildman–Crippen LogP) is 5.00. The number of furan rings is 1. The van der Waals surface area contributed by atoms with Gasteiger partial charge in [0.25, 0.3) is 5.91 Å². The first-order chi connectivity index (χ1) is 13.3. The Morgan fingerprint density at radius 1 is 1.07 bits per heavy atom. The van der Waals surface area contributed by atoms with Crippen LogP contribution in [0.4, 0.5) is 5.69 Å². The molecule has 0 fully saturated rings. The van der Waals surface area contributed by atoms with Gasteiger partial charge in [-0.15, -0.1) is 0 Å². The standard InChI is InChI=1S/C23H25NO4/c1-23(2,3)17-8-5-15(6-9-17)22(26)24-19-13-16(7-11-21(19)27-4)20-12-10-18(14-25)28-20/h5-13,25H,14H2,1-4H3,(H,24,26). The Morgan fingerprint density at radius 2 is 1.79 bits per heavy atom. The van der Waals surface area contributed by atoms with Crippen LogP contribution in [0.2, 0.25) is 0 Å². The molecule has 0 spiro atoms. The van der Waals surface area contributed by atoms with Crippen LogP contribution in [-0.4, -0.2) is 18.1 Å². The largest absolute Gasteiger partial charge is 0.495 e. The molecule has 3 aromatic rings. The van der Waals surface area contributed by atoms with Crippen LogP contribution < -0.4 is 10.1 Å². The van der Waals surface area contributed by atoms with Gasteiger partial charge in [0.2, 0.25) is 0 Å². The van der Waals surface area contributed by atoms with E-state index in [1.54, 1.807) is 31.4 Å². The topological polar surface area (TPSA) is 71.7 Å². The number of nitrogens with one attached hydrogen (secondary N) is 1. The highest BCUT2D eigenvalue weighted by atomic mass is 16.5. The van der Waals surface area contributed by atoms with Gasteiger partial charge in [-0.2, -0.15) is 0 Å². The molecule has 28 heavy (non-hydrogen) atoms. The van der Waals surface area contributed by atoms with Gasteiger partial charge in [0.1, 0.15) is 23.9 Å². The van der Waals surface area contributed by atoms with Gasteiger partial charge in [-0.3, -0.25) is 4.79 Å². The van der Waals surface area contributed by atoms with Gasteiger partial charge in [0, 0.05) is 11.1 Å². The van der Waals surface area contributed by atoms with Gasteiger partial charge in [0.05, 0.1) is 12.8 Å². The Hall–Kier alpha value is -3.05. The Labute approximate surface area is 165 Å². The van der Waals surface area contributed by atoms with Crippen LogP contribution in [0.1, 0.15) is 42.5 Å². The van der Waals surface area contributed by atoms with Crippen LogP contribution in [-0.2, 0) is 12.0 Å². The van der Waals surface area contributed by atoms with Gasteiger partial charge in [-0.1, -0.05) is 32.9 Å². The summed E-state index contributed by atoms with van der Waals surface area (Å²) < 4.78 is 11.0. The Kier molecular flexibility index (Phi) is 5.56. The van der Waals surface area contributed by atoms with E-state index < -0.39 is 0 Å². The molecule has 5 heteroatoms. The molecule has 2 N–H and O–H groups in total. The first-order valence-corrected chi connectivity index (χ1v) is 9.11. The zero-order valence-electron chi connectivity index (χ0n) is 16.6. The highest BCUT2D eigenvalue weighted by molar-refractivity contribution is 6.05. The third-order valence-corrected chi connectivity index (χ3v) is 4.56. The molecule has 0 aliphatic heterocycles. The molecule has 3 rings (SSSR count). The van der Waals surface area contributed by atoms with Crippen molar-refractivity contribution in [1.29, 1.82) is 0 Å². The monoisotopic (exact) mass is 379 g/mol. The predicted molar refractivity (Wildman–Crippen MR) is 110 cm³/mol. The number of hydrogen-bond acceptors (Lipinski definition) is 4. The lowest BCUT2D eigenvalue weighted by Gasteiger charge is -2.19. The van der Waals surface area contributed by atoms with E-state index in [0.29, 0.717) is 28.5 Å². The second-order valence-corrected chi connectivity index (χ2v) is 7.62. The second kappa shape index (κ2) is 7.90. The van der Waals surface area contributed by atoms with E-state index in [2.05, 4.69) is 26.1 Å². The Balaban J connectivity index is 1.85. The zero-order valence-corrected chi connectivity index (χ0v) is 16.6. The normalized spacial score (nSPS) is 11.3. The highest BCUT2D eigenvalue weighted by Gasteiger charge is 2.16. The Morgan fingerprint density at radius 3 is 2.36 bits per heavy atom. The molecule has 5 nitrogen and oxygen atoms in total. The highest BCUT2D eigenvalue weighted by Crippen LogP contribution is 2.32. The van der Waals surface area contributed by atoms with E-state index in [1.807, 2.05) is 30.3 Å². The number of amides is 1. The average molecular weight is 379 g/mol. The molecule has 0 aliphatic carbocycles. The first kappa shape index (κ1) is 19.7. The number of benzene rings is 2. The van der Waals surface area contributed by atoms with Crippen LogP contribution in [0.25, 0.3) is 11.3 Å². The molecule has 2 aromatic carbocycles. The molecule has 0 aliphatic rings. The molecule has 0 unspecified atom stereocenters. The number of carbonyl (C=O) groups excluding carboxylic acids is 1. The molecule has 0 bridgehead atoms. The van der Waals surface area contributed by atoms with Crippen molar-refractivity contribution in [3.05, 3.63) is 71.5 Å². The van der Waals surface area contributed by atoms with Crippen molar-refractivity contribution in [2.75, 3.05) is 12.4 Å². The molecule has 1 amide bonds. The van der Waals surface area contributed by atoms with Crippen molar-refractivity contribution in [2.45, 2.75) is 32.8 Å². The van der Waals surface area contributed by atoms with Crippen LogP contribution in [0.3, 0.4) is 0 Å². The van der Waals surface area contributed by atoms with Gasteiger partial charge < -0.3 is 19.6 Å². The molecular weight excluding hydrogens is 354 g/mol. The van der Waals surface area contributed by atoms with E-state index in [-0.39, 0.29) is 17.9 Å². The number of methoxy groups -OCH3 is 1. The molecule has 146 valence electrons. The summed E-state index contributed by atoms with van der Waals surface area (Å²) in [7, 11) is 1.56. The molecule has 1 heterocycles. The quantitative estimate of drug-likeness (QED) is 0.655. The number of anilines is 1. The lowest BCUT2D eigenvalue weighted by molar-refractivity contribution is 0.102. The molecule has 0 saturated heterocycles. The van der Waals surface area contributed by atoms with Crippen molar-refractivity contribution >= 4 is 11.6 Å². The zero-order chi connectivity index (χ0) is 20.3. The number of hydrogen-bond donors (Lipinski definition) is 2. The van der Waals surface area contributed by atoms with Crippen LogP contribution >= 0.6 is 0 Å². The maximum Gasteiger partial charge on any atom is 0.255 e. The smallest absolute Gasteiger partial charge is 0.255 e. The number of rotatable bonds is 5. The van der Waals surface area contributed by atoms with E-state index in [0.717, 1.165) is 5.56 Å². The minimum absolute atomic E-state index is 0.0308. The van der Waals surface area contributed by atoms with E-state index in [9.17, 15) is 9.90 Å². The molecule has 1 aromatic heterocycles. The average Bonchev–Trinajstić information content (AvgIpc) is 3.16. The first-order valence-electron chi connectivity index (χ1n) is 9.11. The summed E-state index contributed by atoms with van der Waals surface area (Å²) in [4.78, 5) is 12.7. The third kappa shape index (κ3) is 4.26.